The molecule has 1 aromatic heterocycles. The fourth-order valence-electron chi connectivity index (χ4n) is 4.28. The summed E-state index contributed by atoms with van der Waals surface area (Å²) in [6, 6.07) is 13.8. The Labute approximate surface area is 171 Å². The molecule has 3 aromatic rings. The van der Waals surface area contributed by atoms with Gasteiger partial charge >= 0.3 is 5.97 Å². The average molecular weight is 392 g/mol. The van der Waals surface area contributed by atoms with Crippen LogP contribution in [-0.2, 0) is 24.1 Å². The Morgan fingerprint density at radius 1 is 1.21 bits per heavy atom. The van der Waals surface area contributed by atoms with Gasteiger partial charge in [-0.1, -0.05) is 23.8 Å². The Hall–Kier alpha value is -2.63. The van der Waals surface area contributed by atoms with Gasteiger partial charge in [0.05, 0.1) is 17.7 Å². The first-order chi connectivity index (χ1) is 14.0. The summed E-state index contributed by atoms with van der Waals surface area (Å²) in [5.41, 5.74) is 6.41. The number of hydrogen-bond donors (Lipinski definition) is 1. The minimum Gasteiger partial charge on any atom is -0.462 e. The molecule has 0 radical (unpaired) electrons. The number of aliphatic hydroxyl groups excluding tert-OH is 1. The molecule has 1 N–H and O–H groups in total. The summed E-state index contributed by atoms with van der Waals surface area (Å²) < 4.78 is 7.15. The maximum atomic E-state index is 11.8. The van der Waals surface area contributed by atoms with E-state index in [0.29, 0.717) is 18.6 Å². The van der Waals surface area contributed by atoms with Crippen LogP contribution in [0.1, 0.15) is 45.9 Å². The van der Waals surface area contributed by atoms with Crippen LogP contribution in [0.5, 0.6) is 0 Å². The Bertz CT molecular complexity index is 1040. The lowest BCUT2D eigenvalue weighted by Crippen LogP contribution is -2.28. The Morgan fingerprint density at radius 2 is 1.97 bits per heavy atom. The van der Waals surface area contributed by atoms with Crippen LogP contribution in [0.2, 0.25) is 0 Å². The number of nitrogens with zero attached hydrogens (tertiary/aromatic N) is 2. The van der Waals surface area contributed by atoms with Gasteiger partial charge in [0.1, 0.15) is 6.23 Å². The van der Waals surface area contributed by atoms with Crippen molar-refractivity contribution >= 4 is 16.9 Å². The summed E-state index contributed by atoms with van der Waals surface area (Å²) in [7, 11) is 2.14. The van der Waals surface area contributed by atoms with Gasteiger partial charge in [-0.05, 0) is 56.3 Å². The second-order valence-electron chi connectivity index (χ2n) is 7.91. The number of benzene rings is 2. The summed E-state index contributed by atoms with van der Waals surface area (Å²) in [6.07, 6.45) is 0.766. The Kier molecular flexibility index (Phi) is 5.43. The summed E-state index contributed by atoms with van der Waals surface area (Å²) in [4.78, 5) is 14.2. The van der Waals surface area contributed by atoms with Crippen molar-refractivity contribution in [2.45, 2.75) is 39.5 Å². The molecule has 0 saturated heterocycles. The monoisotopic (exact) mass is 392 g/mol. The molecular formula is C24H28N2O3. The van der Waals surface area contributed by atoms with Gasteiger partial charge in [-0.2, -0.15) is 0 Å². The second kappa shape index (κ2) is 8.01. The number of fused-ring (bicyclic) bond motifs is 3. The maximum Gasteiger partial charge on any atom is 0.338 e. The van der Waals surface area contributed by atoms with Crippen molar-refractivity contribution in [1.29, 1.82) is 0 Å². The number of hydrogen-bond acceptors (Lipinski definition) is 4. The minimum absolute atomic E-state index is 0.315. The van der Waals surface area contributed by atoms with E-state index in [1.54, 1.807) is 19.1 Å². The SMILES string of the molecule is CCOC(=O)c1ccc(CC(O)n2c3c(c4cc(C)ccc42)CN(C)CC3)cc1. The Balaban J connectivity index is 1.65. The molecule has 5 heteroatoms. The van der Waals surface area contributed by atoms with Gasteiger partial charge in [0, 0.05) is 37.0 Å². The van der Waals surface area contributed by atoms with Crippen LogP contribution in [0, 0.1) is 6.92 Å². The fraction of sp³-hybridized carbons (Fsp3) is 0.375. The second-order valence-corrected chi connectivity index (χ2v) is 7.91. The molecule has 0 fully saturated rings. The number of aliphatic hydroxyl groups is 1. The number of ether oxygens (including phenoxy) is 1. The summed E-state index contributed by atoms with van der Waals surface area (Å²) in [5, 5.41) is 12.4. The quantitative estimate of drug-likeness (QED) is 0.670. The lowest BCUT2D eigenvalue weighted by atomic mass is 10.0. The molecule has 152 valence electrons. The highest BCUT2D eigenvalue weighted by atomic mass is 16.5. The first-order valence-corrected chi connectivity index (χ1v) is 10.2. The average Bonchev–Trinajstić information content (AvgIpc) is 3.01. The smallest absolute Gasteiger partial charge is 0.338 e. The molecule has 5 nitrogen and oxygen atoms in total. The van der Waals surface area contributed by atoms with E-state index < -0.39 is 6.23 Å². The molecule has 1 aliphatic rings. The zero-order valence-electron chi connectivity index (χ0n) is 17.3. The van der Waals surface area contributed by atoms with Crippen LogP contribution in [0.25, 0.3) is 10.9 Å². The van der Waals surface area contributed by atoms with Crippen molar-refractivity contribution < 1.29 is 14.6 Å². The van der Waals surface area contributed by atoms with Gasteiger partial charge in [-0.15, -0.1) is 0 Å². The molecule has 1 unspecified atom stereocenters. The molecule has 0 spiro atoms. The van der Waals surface area contributed by atoms with E-state index in [-0.39, 0.29) is 5.97 Å². The molecule has 29 heavy (non-hydrogen) atoms. The van der Waals surface area contributed by atoms with Crippen LogP contribution in [-0.4, -0.2) is 40.7 Å². The third-order valence-corrected chi connectivity index (χ3v) is 5.72. The lowest BCUT2D eigenvalue weighted by molar-refractivity contribution is 0.0526. The van der Waals surface area contributed by atoms with Gasteiger partial charge in [-0.25, -0.2) is 4.79 Å². The predicted molar refractivity (Wildman–Crippen MR) is 114 cm³/mol. The zero-order valence-corrected chi connectivity index (χ0v) is 17.3. The van der Waals surface area contributed by atoms with Gasteiger partial charge in [0.2, 0.25) is 0 Å². The molecule has 0 bridgehead atoms. The number of carbonyl (C=O) groups is 1. The zero-order chi connectivity index (χ0) is 20.5. The molecule has 1 atom stereocenters. The van der Waals surface area contributed by atoms with Crippen LogP contribution in [0.15, 0.2) is 42.5 Å². The number of rotatable bonds is 5. The van der Waals surface area contributed by atoms with Gasteiger partial charge in [0.25, 0.3) is 0 Å². The van der Waals surface area contributed by atoms with Crippen molar-refractivity contribution in [1.82, 2.24) is 9.47 Å². The minimum atomic E-state index is -0.652. The molecule has 1 aliphatic heterocycles. The number of likely N-dealkylation sites (N-methyl/N-ethyl adjacent to an activating group) is 1. The first-order valence-electron chi connectivity index (χ1n) is 10.2. The highest BCUT2D eigenvalue weighted by molar-refractivity contribution is 5.89. The largest absolute Gasteiger partial charge is 0.462 e. The first kappa shape index (κ1) is 19.7. The van der Waals surface area contributed by atoms with Crippen LogP contribution in [0.3, 0.4) is 0 Å². The van der Waals surface area contributed by atoms with Gasteiger partial charge in [-0.3, -0.25) is 0 Å². The normalized spacial score (nSPS) is 15.3. The molecular weight excluding hydrogens is 364 g/mol. The topological polar surface area (TPSA) is 54.7 Å². The van der Waals surface area contributed by atoms with Gasteiger partial charge in [0.15, 0.2) is 0 Å². The van der Waals surface area contributed by atoms with Crippen LogP contribution < -0.4 is 0 Å². The predicted octanol–water partition coefficient (Wildman–Crippen LogP) is 3.85. The van der Waals surface area contributed by atoms with Crippen molar-refractivity contribution in [3.05, 3.63) is 70.4 Å². The standard InChI is InChI=1S/C24H28N2O3/c1-4-29-24(28)18-8-6-17(7-9-18)14-23(27)26-21-10-5-16(2)13-19(21)20-15-25(3)12-11-22(20)26/h5-10,13,23,27H,4,11-12,14-15H2,1-3H3. The van der Waals surface area contributed by atoms with E-state index in [9.17, 15) is 9.90 Å². The molecule has 2 heterocycles. The molecule has 2 aromatic carbocycles. The van der Waals surface area contributed by atoms with E-state index in [2.05, 4.69) is 41.6 Å². The summed E-state index contributed by atoms with van der Waals surface area (Å²) in [5.74, 6) is -0.315. The fourth-order valence-corrected chi connectivity index (χ4v) is 4.28. The lowest BCUT2D eigenvalue weighted by Gasteiger charge is -2.26. The van der Waals surface area contributed by atoms with E-state index in [4.69, 9.17) is 4.74 Å². The van der Waals surface area contributed by atoms with Crippen LogP contribution >= 0.6 is 0 Å². The highest BCUT2D eigenvalue weighted by Gasteiger charge is 2.25. The number of aromatic nitrogens is 1. The highest BCUT2D eigenvalue weighted by Crippen LogP contribution is 2.34. The van der Waals surface area contributed by atoms with E-state index >= 15 is 0 Å². The molecule has 0 saturated carbocycles. The molecule has 0 aliphatic carbocycles. The molecule has 0 amide bonds. The van der Waals surface area contributed by atoms with Gasteiger partial charge < -0.3 is 19.3 Å². The Morgan fingerprint density at radius 3 is 2.69 bits per heavy atom. The van der Waals surface area contributed by atoms with Crippen molar-refractivity contribution in [3.63, 3.8) is 0 Å². The van der Waals surface area contributed by atoms with E-state index in [0.717, 1.165) is 30.6 Å². The van der Waals surface area contributed by atoms with E-state index in [1.807, 2.05) is 12.1 Å². The summed E-state index contributed by atoms with van der Waals surface area (Å²) >= 11 is 0. The van der Waals surface area contributed by atoms with Crippen molar-refractivity contribution in [2.75, 3.05) is 20.2 Å². The number of esters is 1. The summed E-state index contributed by atoms with van der Waals surface area (Å²) in [6.45, 7) is 6.16. The number of aryl methyl sites for hydroxylation is 1. The van der Waals surface area contributed by atoms with Crippen molar-refractivity contribution in [3.8, 4) is 0 Å². The third kappa shape index (κ3) is 3.80. The van der Waals surface area contributed by atoms with E-state index in [1.165, 1.54) is 22.2 Å². The maximum absolute atomic E-state index is 11.8. The van der Waals surface area contributed by atoms with Crippen molar-refractivity contribution in [2.24, 2.45) is 0 Å². The van der Waals surface area contributed by atoms with Crippen LogP contribution in [0.4, 0.5) is 0 Å². The third-order valence-electron chi connectivity index (χ3n) is 5.72. The molecule has 4 rings (SSSR count). The number of carbonyl (C=O) groups excluding carboxylic acids is 1.